The maximum atomic E-state index is 11.6. The summed E-state index contributed by atoms with van der Waals surface area (Å²) in [5, 5.41) is 4.18. The van der Waals surface area contributed by atoms with Crippen LogP contribution in [0.2, 0.25) is 0 Å². The monoisotopic (exact) mass is 239 g/mol. The number of aromatic nitrogens is 2. The molecule has 6 nitrogen and oxygen atoms in total. The van der Waals surface area contributed by atoms with Gasteiger partial charge in [-0.1, -0.05) is 0 Å². The fourth-order valence-corrected chi connectivity index (χ4v) is 1.96. The van der Waals surface area contributed by atoms with E-state index in [-0.39, 0.29) is 6.04 Å². The highest BCUT2D eigenvalue weighted by atomic mass is 16.5. The van der Waals surface area contributed by atoms with Crippen LogP contribution in [0, 0.1) is 0 Å². The van der Waals surface area contributed by atoms with Crippen molar-refractivity contribution >= 4 is 11.8 Å². The zero-order valence-corrected chi connectivity index (χ0v) is 9.89. The van der Waals surface area contributed by atoms with Crippen molar-refractivity contribution in [1.82, 2.24) is 9.78 Å². The van der Waals surface area contributed by atoms with Crippen molar-refractivity contribution in [2.75, 3.05) is 25.6 Å². The van der Waals surface area contributed by atoms with Gasteiger partial charge in [0.2, 0.25) is 0 Å². The molecular formula is C11H17N3O3. The number of nitrogens with zero attached hydrogens (tertiary/aromatic N) is 2. The number of hydrogen-bond acceptors (Lipinski definition) is 5. The summed E-state index contributed by atoms with van der Waals surface area (Å²) >= 11 is 0. The largest absolute Gasteiger partial charge is 0.462 e. The molecule has 1 aromatic heterocycles. The molecule has 6 heteroatoms. The third-order valence-corrected chi connectivity index (χ3v) is 2.87. The Bertz CT molecular complexity index is 397. The van der Waals surface area contributed by atoms with Crippen molar-refractivity contribution in [1.29, 1.82) is 0 Å². The first-order valence-electron chi connectivity index (χ1n) is 5.82. The van der Waals surface area contributed by atoms with Crippen molar-refractivity contribution in [2.24, 2.45) is 0 Å². The van der Waals surface area contributed by atoms with E-state index in [9.17, 15) is 4.79 Å². The Balaban J connectivity index is 2.16. The first kappa shape index (κ1) is 11.9. The number of carbonyl (C=O) groups excluding carboxylic acids is 1. The summed E-state index contributed by atoms with van der Waals surface area (Å²) in [5.41, 5.74) is 6.27. The molecular weight excluding hydrogens is 222 g/mol. The SMILES string of the molecule is CCOC(=O)c1cnn(C2CCOCC2)c1N. The summed E-state index contributed by atoms with van der Waals surface area (Å²) in [4.78, 5) is 11.6. The molecule has 1 aliphatic rings. The highest BCUT2D eigenvalue weighted by Gasteiger charge is 2.22. The van der Waals surface area contributed by atoms with Crippen molar-refractivity contribution in [3.63, 3.8) is 0 Å². The van der Waals surface area contributed by atoms with Gasteiger partial charge < -0.3 is 15.2 Å². The van der Waals surface area contributed by atoms with Gasteiger partial charge in [-0.3, -0.25) is 0 Å². The normalized spacial score (nSPS) is 17.0. The van der Waals surface area contributed by atoms with Crippen LogP contribution < -0.4 is 5.73 Å². The molecule has 0 aromatic carbocycles. The van der Waals surface area contributed by atoms with Crippen LogP contribution in [0.1, 0.15) is 36.2 Å². The zero-order chi connectivity index (χ0) is 12.3. The van der Waals surface area contributed by atoms with Gasteiger partial charge in [0.05, 0.1) is 18.8 Å². The van der Waals surface area contributed by atoms with Crippen LogP contribution in [-0.2, 0) is 9.47 Å². The molecule has 1 saturated heterocycles. The summed E-state index contributed by atoms with van der Waals surface area (Å²) in [6.45, 7) is 3.51. The second kappa shape index (κ2) is 5.18. The van der Waals surface area contributed by atoms with E-state index in [0.717, 1.165) is 12.8 Å². The minimum Gasteiger partial charge on any atom is -0.462 e. The second-order valence-corrected chi connectivity index (χ2v) is 3.95. The number of esters is 1. The van der Waals surface area contributed by atoms with E-state index in [4.69, 9.17) is 15.2 Å². The van der Waals surface area contributed by atoms with E-state index in [2.05, 4.69) is 5.10 Å². The molecule has 0 saturated carbocycles. The lowest BCUT2D eigenvalue weighted by Crippen LogP contribution is -2.22. The predicted octanol–water partition coefficient (Wildman–Crippen LogP) is 0.993. The third-order valence-electron chi connectivity index (χ3n) is 2.87. The summed E-state index contributed by atoms with van der Waals surface area (Å²) in [6, 6.07) is 0.215. The van der Waals surface area contributed by atoms with Crippen LogP contribution in [0.4, 0.5) is 5.82 Å². The summed E-state index contributed by atoms with van der Waals surface area (Å²) in [6.07, 6.45) is 3.21. The lowest BCUT2D eigenvalue weighted by Gasteiger charge is -2.23. The number of carbonyl (C=O) groups is 1. The van der Waals surface area contributed by atoms with Crippen LogP contribution in [0.25, 0.3) is 0 Å². The van der Waals surface area contributed by atoms with Gasteiger partial charge in [0.1, 0.15) is 11.4 Å². The van der Waals surface area contributed by atoms with Gasteiger partial charge in [0.25, 0.3) is 0 Å². The van der Waals surface area contributed by atoms with E-state index < -0.39 is 5.97 Å². The number of anilines is 1. The van der Waals surface area contributed by atoms with Gasteiger partial charge in [-0.05, 0) is 19.8 Å². The van der Waals surface area contributed by atoms with Gasteiger partial charge in [-0.25, -0.2) is 9.48 Å². The number of hydrogen-bond donors (Lipinski definition) is 1. The van der Waals surface area contributed by atoms with Gasteiger partial charge in [0.15, 0.2) is 0 Å². The fourth-order valence-electron chi connectivity index (χ4n) is 1.96. The molecule has 17 heavy (non-hydrogen) atoms. The molecule has 0 radical (unpaired) electrons. The lowest BCUT2D eigenvalue weighted by molar-refractivity contribution is 0.0527. The second-order valence-electron chi connectivity index (χ2n) is 3.95. The lowest BCUT2D eigenvalue weighted by atomic mass is 10.1. The van der Waals surface area contributed by atoms with Crippen LogP contribution in [0.15, 0.2) is 6.20 Å². The van der Waals surface area contributed by atoms with Crippen molar-refractivity contribution in [3.05, 3.63) is 11.8 Å². The zero-order valence-electron chi connectivity index (χ0n) is 9.89. The predicted molar refractivity (Wildman–Crippen MR) is 61.7 cm³/mol. The Morgan fingerprint density at radius 1 is 1.65 bits per heavy atom. The first-order chi connectivity index (χ1) is 8.24. The Morgan fingerprint density at radius 3 is 3.00 bits per heavy atom. The maximum Gasteiger partial charge on any atom is 0.343 e. The van der Waals surface area contributed by atoms with Crippen LogP contribution in [-0.4, -0.2) is 35.6 Å². The van der Waals surface area contributed by atoms with E-state index in [1.165, 1.54) is 6.20 Å². The standard InChI is InChI=1S/C11H17N3O3/c1-2-17-11(15)9-7-13-14(10(9)12)8-3-5-16-6-4-8/h7-8H,2-6,12H2,1H3. The molecule has 2 rings (SSSR count). The Labute approximate surface area is 99.7 Å². The van der Waals surface area contributed by atoms with Gasteiger partial charge in [0, 0.05) is 13.2 Å². The quantitative estimate of drug-likeness (QED) is 0.796. The number of rotatable bonds is 3. The Morgan fingerprint density at radius 2 is 2.35 bits per heavy atom. The molecule has 0 unspecified atom stereocenters. The minimum absolute atomic E-state index is 0.215. The molecule has 1 aromatic rings. The van der Waals surface area contributed by atoms with E-state index >= 15 is 0 Å². The third kappa shape index (κ3) is 2.41. The average molecular weight is 239 g/mol. The van der Waals surface area contributed by atoms with E-state index in [0.29, 0.717) is 31.2 Å². The Kier molecular flexibility index (Phi) is 3.63. The molecule has 0 amide bonds. The molecule has 1 aliphatic heterocycles. The minimum atomic E-state index is -0.414. The van der Waals surface area contributed by atoms with Crippen LogP contribution >= 0.6 is 0 Å². The summed E-state index contributed by atoms with van der Waals surface area (Å²) in [7, 11) is 0. The van der Waals surface area contributed by atoms with Gasteiger partial charge >= 0.3 is 5.97 Å². The molecule has 0 aliphatic carbocycles. The first-order valence-corrected chi connectivity index (χ1v) is 5.82. The number of ether oxygens (including phenoxy) is 2. The molecule has 0 spiro atoms. The molecule has 2 N–H and O–H groups in total. The van der Waals surface area contributed by atoms with Crippen molar-refractivity contribution in [3.8, 4) is 0 Å². The van der Waals surface area contributed by atoms with Crippen molar-refractivity contribution in [2.45, 2.75) is 25.8 Å². The van der Waals surface area contributed by atoms with Crippen molar-refractivity contribution < 1.29 is 14.3 Å². The summed E-state index contributed by atoms with van der Waals surface area (Å²) < 4.78 is 11.9. The maximum absolute atomic E-state index is 11.6. The highest BCUT2D eigenvalue weighted by molar-refractivity contribution is 5.93. The highest BCUT2D eigenvalue weighted by Crippen LogP contribution is 2.25. The molecule has 0 atom stereocenters. The van der Waals surface area contributed by atoms with E-state index in [1.54, 1.807) is 11.6 Å². The van der Waals surface area contributed by atoms with Gasteiger partial charge in [-0.2, -0.15) is 5.10 Å². The van der Waals surface area contributed by atoms with E-state index in [1.807, 2.05) is 0 Å². The molecule has 94 valence electrons. The van der Waals surface area contributed by atoms with Crippen LogP contribution in [0.5, 0.6) is 0 Å². The number of nitrogen functional groups attached to an aromatic ring is 1. The summed E-state index contributed by atoms with van der Waals surface area (Å²) in [5.74, 6) is -0.0290. The molecule has 2 heterocycles. The molecule has 0 bridgehead atoms. The topological polar surface area (TPSA) is 79.4 Å². The smallest absolute Gasteiger partial charge is 0.343 e. The fraction of sp³-hybridized carbons (Fsp3) is 0.636. The molecule has 1 fully saturated rings. The van der Waals surface area contributed by atoms with Gasteiger partial charge in [-0.15, -0.1) is 0 Å². The average Bonchev–Trinajstić information content (AvgIpc) is 2.72. The number of nitrogens with two attached hydrogens (primary N) is 1. The van der Waals surface area contributed by atoms with Crippen LogP contribution in [0.3, 0.4) is 0 Å². The Hall–Kier alpha value is -1.56.